The summed E-state index contributed by atoms with van der Waals surface area (Å²) in [7, 11) is 0. The number of rotatable bonds is 4. The molecule has 67 heavy (non-hydrogen) atoms. The Bertz CT molecular complexity index is 4590. The van der Waals surface area contributed by atoms with Gasteiger partial charge in [0.25, 0.3) is 0 Å². The molecule has 0 aliphatic rings. The average Bonchev–Trinajstić information content (AvgIpc) is 4.05. The van der Waals surface area contributed by atoms with E-state index in [0.717, 1.165) is 61.2 Å². The second-order valence-electron chi connectivity index (χ2n) is 17.7. The summed E-state index contributed by atoms with van der Waals surface area (Å²) in [5.74, 6) is 0. The standard InChI is InChI=1S/C62H36N4S/c1-2-16-39-35-56-50(34-38(39)15-1)44-30-29-40(65-53-26-11-7-21-48(53)59-41-17-4-3-14-37(41)28-32-55(59)65)36-57(44)66(56)54-33-31-46(42-18-5-6-19-43(42)54)60-61(64-52-25-10-9-24-51(52)63-60)49-23-13-22-47-45-20-8-12-27-58(45)67-62(47)49/h1-36H. The minimum absolute atomic E-state index is 0.873. The van der Waals surface area contributed by atoms with Crippen molar-refractivity contribution in [2.75, 3.05) is 0 Å². The third kappa shape index (κ3) is 5.29. The molecular formula is C62H36N4S. The van der Waals surface area contributed by atoms with Gasteiger partial charge in [-0.05, 0) is 93.7 Å². The molecule has 0 bridgehead atoms. The summed E-state index contributed by atoms with van der Waals surface area (Å²) in [6.45, 7) is 0. The maximum atomic E-state index is 5.50. The van der Waals surface area contributed by atoms with Crippen molar-refractivity contribution >= 4 is 118 Å². The fourth-order valence-corrected chi connectivity index (χ4v) is 12.3. The van der Waals surface area contributed by atoms with Crippen molar-refractivity contribution in [2.45, 2.75) is 0 Å². The first-order valence-corrected chi connectivity index (χ1v) is 23.6. The lowest BCUT2D eigenvalue weighted by atomic mass is 9.96. The van der Waals surface area contributed by atoms with Crippen molar-refractivity contribution in [2.24, 2.45) is 0 Å². The monoisotopic (exact) mass is 868 g/mol. The summed E-state index contributed by atoms with van der Waals surface area (Å²) in [6.07, 6.45) is 0. The molecule has 0 aliphatic heterocycles. The van der Waals surface area contributed by atoms with Gasteiger partial charge in [-0.1, -0.05) is 152 Å². The molecular weight excluding hydrogens is 833 g/mol. The topological polar surface area (TPSA) is 35.6 Å². The van der Waals surface area contributed by atoms with Gasteiger partial charge in [-0.25, -0.2) is 9.97 Å². The molecule has 15 aromatic rings. The largest absolute Gasteiger partial charge is 0.309 e. The zero-order chi connectivity index (χ0) is 43.7. The minimum atomic E-state index is 0.873. The number of aromatic nitrogens is 4. The van der Waals surface area contributed by atoms with E-state index in [4.69, 9.17) is 9.97 Å². The van der Waals surface area contributed by atoms with E-state index in [1.165, 1.54) is 79.8 Å². The molecule has 11 aromatic carbocycles. The third-order valence-electron chi connectivity index (χ3n) is 14.1. The van der Waals surface area contributed by atoms with Gasteiger partial charge in [0.2, 0.25) is 0 Å². The van der Waals surface area contributed by atoms with Crippen LogP contribution in [0.25, 0.3) is 141 Å². The Balaban J connectivity index is 1.01. The molecule has 0 spiro atoms. The Morgan fingerprint density at radius 3 is 1.81 bits per heavy atom. The molecule has 0 atom stereocenters. The van der Waals surface area contributed by atoms with E-state index < -0.39 is 0 Å². The SMILES string of the molecule is c1ccc2cc3c(cc2c1)c1ccc(-n2c4ccccc4c4c5ccccc5ccc42)cc1n3-c1ccc(-c2nc3ccccc3nc2-c2cccc3c2sc2ccccc23)c2ccccc12. The van der Waals surface area contributed by atoms with E-state index in [-0.39, 0.29) is 0 Å². The summed E-state index contributed by atoms with van der Waals surface area (Å²) >= 11 is 1.83. The van der Waals surface area contributed by atoms with Gasteiger partial charge in [0.05, 0.1) is 50.2 Å². The maximum absolute atomic E-state index is 5.50. The normalized spacial score (nSPS) is 12.2. The first-order chi connectivity index (χ1) is 33.2. The Kier molecular flexibility index (Phi) is 7.63. The predicted octanol–water partition coefficient (Wildman–Crippen LogP) is 17.0. The zero-order valence-electron chi connectivity index (χ0n) is 36.0. The highest BCUT2D eigenvalue weighted by Gasteiger charge is 2.23. The molecule has 15 rings (SSSR count). The van der Waals surface area contributed by atoms with Crippen molar-refractivity contribution in [3.8, 4) is 33.9 Å². The lowest BCUT2D eigenvalue weighted by Gasteiger charge is -2.17. The van der Waals surface area contributed by atoms with Gasteiger partial charge in [0.15, 0.2) is 0 Å². The number of hydrogen-bond acceptors (Lipinski definition) is 3. The molecule has 4 aromatic heterocycles. The van der Waals surface area contributed by atoms with Crippen LogP contribution >= 0.6 is 11.3 Å². The second kappa shape index (κ2) is 13.9. The summed E-state index contributed by atoms with van der Waals surface area (Å²) in [6, 6.07) is 79.7. The Labute approximate surface area is 387 Å². The fraction of sp³-hybridized carbons (Fsp3) is 0. The number of nitrogens with zero attached hydrogens (tertiary/aromatic N) is 4. The minimum Gasteiger partial charge on any atom is -0.309 e. The van der Waals surface area contributed by atoms with E-state index in [2.05, 4.69) is 221 Å². The van der Waals surface area contributed by atoms with Crippen LogP contribution in [0.5, 0.6) is 0 Å². The number of para-hydroxylation sites is 3. The van der Waals surface area contributed by atoms with Gasteiger partial charge in [-0.3, -0.25) is 0 Å². The summed E-state index contributed by atoms with van der Waals surface area (Å²) in [5, 5.41) is 14.7. The highest BCUT2D eigenvalue weighted by molar-refractivity contribution is 7.26. The van der Waals surface area contributed by atoms with Crippen LogP contribution in [0, 0.1) is 0 Å². The molecule has 310 valence electrons. The van der Waals surface area contributed by atoms with E-state index in [1.54, 1.807) is 0 Å². The number of benzene rings is 11. The number of fused-ring (bicyclic) bond motifs is 14. The molecule has 0 saturated heterocycles. The Morgan fingerprint density at radius 2 is 0.970 bits per heavy atom. The van der Waals surface area contributed by atoms with Crippen LogP contribution in [-0.4, -0.2) is 19.1 Å². The van der Waals surface area contributed by atoms with E-state index in [9.17, 15) is 0 Å². The van der Waals surface area contributed by atoms with Gasteiger partial charge >= 0.3 is 0 Å². The van der Waals surface area contributed by atoms with Gasteiger partial charge in [0, 0.05) is 63.9 Å². The van der Waals surface area contributed by atoms with Gasteiger partial charge in [-0.15, -0.1) is 11.3 Å². The van der Waals surface area contributed by atoms with Crippen LogP contribution in [-0.2, 0) is 0 Å². The van der Waals surface area contributed by atoms with Crippen molar-refractivity contribution in [1.29, 1.82) is 0 Å². The smallest absolute Gasteiger partial charge is 0.0987 e. The van der Waals surface area contributed by atoms with Crippen molar-refractivity contribution < 1.29 is 0 Å². The third-order valence-corrected chi connectivity index (χ3v) is 15.3. The second-order valence-corrected chi connectivity index (χ2v) is 18.7. The molecule has 0 fully saturated rings. The summed E-state index contributed by atoms with van der Waals surface area (Å²) in [5.41, 5.74) is 12.6. The number of hydrogen-bond donors (Lipinski definition) is 0. The lowest BCUT2D eigenvalue weighted by Crippen LogP contribution is -2.00. The van der Waals surface area contributed by atoms with Crippen LogP contribution < -0.4 is 0 Å². The Morgan fingerprint density at radius 1 is 0.328 bits per heavy atom. The fourth-order valence-electron chi connectivity index (χ4n) is 11.1. The van der Waals surface area contributed by atoms with Crippen LogP contribution in [0.3, 0.4) is 0 Å². The molecule has 4 heterocycles. The number of thiophene rings is 1. The van der Waals surface area contributed by atoms with Crippen molar-refractivity contribution in [3.63, 3.8) is 0 Å². The highest BCUT2D eigenvalue weighted by atomic mass is 32.1. The Hall–Kier alpha value is -8.64. The molecule has 0 radical (unpaired) electrons. The van der Waals surface area contributed by atoms with Crippen molar-refractivity contribution in [3.05, 3.63) is 218 Å². The molecule has 5 heteroatoms. The molecule has 0 saturated carbocycles. The van der Waals surface area contributed by atoms with E-state index in [1.807, 2.05) is 17.4 Å². The first-order valence-electron chi connectivity index (χ1n) is 22.8. The van der Waals surface area contributed by atoms with Gasteiger partial charge in [-0.2, -0.15) is 0 Å². The first kappa shape index (κ1) is 36.7. The quantitative estimate of drug-likeness (QED) is 0.177. The average molecular weight is 869 g/mol. The van der Waals surface area contributed by atoms with E-state index in [0.29, 0.717) is 0 Å². The molecule has 0 aliphatic carbocycles. The predicted molar refractivity (Wildman–Crippen MR) is 284 cm³/mol. The maximum Gasteiger partial charge on any atom is 0.0987 e. The molecule has 0 amide bonds. The summed E-state index contributed by atoms with van der Waals surface area (Å²) in [4.78, 5) is 11.0. The van der Waals surface area contributed by atoms with Crippen LogP contribution in [0.15, 0.2) is 218 Å². The van der Waals surface area contributed by atoms with Crippen LogP contribution in [0.2, 0.25) is 0 Å². The lowest BCUT2D eigenvalue weighted by molar-refractivity contribution is 1.16. The van der Waals surface area contributed by atoms with E-state index >= 15 is 0 Å². The van der Waals surface area contributed by atoms with Crippen LogP contribution in [0.1, 0.15) is 0 Å². The highest BCUT2D eigenvalue weighted by Crippen LogP contribution is 2.46. The zero-order valence-corrected chi connectivity index (χ0v) is 36.8. The van der Waals surface area contributed by atoms with Crippen LogP contribution in [0.4, 0.5) is 0 Å². The van der Waals surface area contributed by atoms with Gasteiger partial charge < -0.3 is 9.13 Å². The summed E-state index contributed by atoms with van der Waals surface area (Å²) < 4.78 is 7.44. The van der Waals surface area contributed by atoms with Gasteiger partial charge in [0.1, 0.15) is 0 Å². The molecule has 0 unspecified atom stereocenters. The molecule has 0 N–H and O–H groups in total. The van der Waals surface area contributed by atoms with Crippen molar-refractivity contribution in [1.82, 2.24) is 19.1 Å². The molecule has 4 nitrogen and oxygen atoms in total.